The Morgan fingerprint density at radius 3 is 2.50 bits per heavy atom. The van der Waals surface area contributed by atoms with Crippen molar-refractivity contribution in [3.63, 3.8) is 0 Å². The molecule has 0 aliphatic rings. The molecule has 0 saturated carbocycles. The average molecular weight is 441 g/mol. The molecular weight excluding hydrogens is 416 g/mol. The molecule has 0 bridgehead atoms. The molecule has 9 heteroatoms. The third-order valence-corrected chi connectivity index (χ3v) is 4.90. The van der Waals surface area contributed by atoms with E-state index in [0.29, 0.717) is 11.3 Å². The summed E-state index contributed by atoms with van der Waals surface area (Å²) in [5.41, 5.74) is -0.0667. The first kappa shape index (κ1) is 23.1. The summed E-state index contributed by atoms with van der Waals surface area (Å²) in [6.45, 7) is 5.16. The SMILES string of the molecule is C[C@H](Nc1nccc(N(C(=O)NCc2cccc(F)c2)c2ccc(F)cc2)n1)C(C)(C)O. The summed E-state index contributed by atoms with van der Waals surface area (Å²) in [5.74, 6) is -0.409. The molecule has 32 heavy (non-hydrogen) atoms. The number of urea groups is 1. The van der Waals surface area contributed by atoms with Gasteiger partial charge in [0.1, 0.15) is 17.5 Å². The molecule has 3 N–H and O–H groups in total. The number of halogens is 2. The predicted octanol–water partition coefficient (Wildman–Crippen LogP) is 4.37. The molecule has 0 radical (unpaired) electrons. The van der Waals surface area contributed by atoms with Crippen LogP contribution < -0.4 is 15.5 Å². The third-order valence-electron chi connectivity index (χ3n) is 4.90. The van der Waals surface area contributed by atoms with Crippen molar-refractivity contribution in [2.24, 2.45) is 0 Å². The fourth-order valence-electron chi connectivity index (χ4n) is 2.76. The summed E-state index contributed by atoms with van der Waals surface area (Å²) >= 11 is 0. The molecule has 3 rings (SSSR count). The minimum Gasteiger partial charge on any atom is -0.388 e. The van der Waals surface area contributed by atoms with E-state index in [1.165, 1.54) is 53.6 Å². The summed E-state index contributed by atoms with van der Waals surface area (Å²) in [7, 11) is 0. The quantitative estimate of drug-likeness (QED) is 0.506. The number of carbonyl (C=O) groups excluding carboxylic acids is 1. The van der Waals surface area contributed by atoms with Crippen LogP contribution in [0.4, 0.5) is 31.0 Å². The number of amides is 2. The number of hydrogen-bond acceptors (Lipinski definition) is 5. The van der Waals surface area contributed by atoms with Gasteiger partial charge in [-0.1, -0.05) is 12.1 Å². The molecule has 3 aromatic rings. The molecule has 1 heterocycles. The van der Waals surface area contributed by atoms with Crippen LogP contribution in [0.2, 0.25) is 0 Å². The second-order valence-electron chi connectivity index (χ2n) is 7.86. The number of aromatic nitrogens is 2. The highest BCUT2D eigenvalue weighted by molar-refractivity contribution is 5.98. The standard InChI is InChI=1S/C23H25F2N5O2/c1-15(23(2,3)32)28-21-26-12-11-20(29-21)30(19-9-7-17(24)8-10-19)22(31)27-14-16-5-4-6-18(25)13-16/h4-13,15,32H,14H2,1-3H3,(H,27,31)(H,26,28,29)/t15-/m0/s1. The Morgan fingerprint density at radius 1 is 1.12 bits per heavy atom. The van der Waals surface area contributed by atoms with Crippen LogP contribution in [0.1, 0.15) is 26.3 Å². The van der Waals surface area contributed by atoms with Gasteiger partial charge in [-0.15, -0.1) is 0 Å². The van der Waals surface area contributed by atoms with Gasteiger partial charge in [0, 0.05) is 18.8 Å². The summed E-state index contributed by atoms with van der Waals surface area (Å²) in [5, 5.41) is 15.9. The Bertz CT molecular complexity index is 1070. The van der Waals surface area contributed by atoms with Gasteiger partial charge in [0.15, 0.2) is 0 Å². The third kappa shape index (κ3) is 5.98. The molecule has 2 amide bonds. The van der Waals surface area contributed by atoms with Crippen molar-refractivity contribution in [1.29, 1.82) is 0 Å². The first-order valence-corrected chi connectivity index (χ1v) is 10.0. The van der Waals surface area contributed by atoms with Gasteiger partial charge in [0.05, 0.1) is 17.3 Å². The predicted molar refractivity (Wildman–Crippen MR) is 119 cm³/mol. The van der Waals surface area contributed by atoms with Crippen LogP contribution in [-0.4, -0.2) is 32.7 Å². The van der Waals surface area contributed by atoms with Crippen LogP contribution in [0, 0.1) is 11.6 Å². The number of anilines is 3. The van der Waals surface area contributed by atoms with Gasteiger partial charge in [-0.3, -0.25) is 0 Å². The van der Waals surface area contributed by atoms with Crippen LogP contribution in [0.25, 0.3) is 0 Å². The number of hydrogen-bond donors (Lipinski definition) is 3. The first-order valence-electron chi connectivity index (χ1n) is 10.0. The van der Waals surface area contributed by atoms with E-state index < -0.39 is 23.3 Å². The largest absolute Gasteiger partial charge is 0.388 e. The summed E-state index contributed by atoms with van der Waals surface area (Å²) in [4.78, 5) is 22.9. The zero-order valence-electron chi connectivity index (χ0n) is 18.0. The molecule has 168 valence electrons. The minimum atomic E-state index is -1.03. The molecule has 0 saturated heterocycles. The topological polar surface area (TPSA) is 90.4 Å². The maximum Gasteiger partial charge on any atom is 0.327 e. The summed E-state index contributed by atoms with van der Waals surface area (Å²) in [6.07, 6.45) is 1.47. The lowest BCUT2D eigenvalue weighted by Gasteiger charge is -2.27. The van der Waals surface area contributed by atoms with E-state index in [1.807, 2.05) is 0 Å². The fourth-order valence-corrected chi connectivity index (χ4v) is 2.76. The van der Waals surface area contributed by atoms with E-state index in [2.05, 4.69) is 20.6 Å². The maximum atomic E-state index is 13.5. The molecule has 0 fully saturated rings. The number of nitrogens with zero attached hydrogens (tertiary/aromatic N) is 3. The van der Waals surface area contributed by atoms with Crippen molar-refractivity contribution in [2.45, 2.75) is 39.0 Å². The van der Waals surface area contributed by atoms with Crippen molar-refractivity contribution in [2.75, 3.05) is 10.2 Å². The van der Waals surface area contributed by atoms with Crippen molar-refractivity contribution in [3.05, 3.63) is 78.0 Å². The number of rotatable bonds is 7. The number of nitrogens with one attached hydrogen (secondary N) is 2. The van der Waals surface area contributed by atoms with E-state index >= 15 is 0 Å². The Hall–Kier alpha value is -3.59. The molecule has 0 aliphatic carbocycles. The number of aliphatic hydroxyl groups is 1. The molecule has 2 aromatic carbocycles. The Balaban J connectivity index is 1.88. The summed E-state index contributed by atoms with van der Waals surface area (Å²) < 4.78 is 26.9. The summed E-state index contributed by atoms with van der Waals surface area (Å²) in [6, 6.07) is 11.9. The van der Waals surface area contributed by atoms with E-state index in [9.17, 15) is 18.7 Å². The van der Waals surface area contributed by atoms with Gasteiger partial charge in [-0.2, -0.15) is 4.98 Å². The van der Waals surface area contributed by atoms with E-state index in [1.54, 1.807) is 32.9 Å². The molecule has 0 aliphatic heterocycles. The molecule has 1 atom stereocenters. The second-order valence-corrected chi connectivity index (χ2v) is 7.86. The smallest absolute Gasteiger partial charge is 0.327 e. The highest BCUT2D eigenvalue weighted by Crippen LogP contribution is 2.25. The average Bonchev–Trinajstić information content (AvgIpc) is 2.73. The zero-order valence-corrected chi connectivity index (χ0v) is 18.0. The molecular formula is C23H25F2N5O2. The van der Waals surface area contributed by atoms with Crippen molar-refractivity contribution in [3.8, 4) is 0 Å². The van der Waals surface area contributed by atoms with E-state index in [0.717, 1.165) is 0 Å². The van der Waals surface area contributed by atoms with Gasteiger partial charge in [0.25, 0.3) is 0 Å². The lowest BCUT2D eigenvalue weighted by Crippen LogP contribution is -2.40. The number of carbonyl (C=O) groups is 1. The van der Waals surface area contributed by atoms with Gasteiger partial charge < -0.3 is 15.7 Å². The van der Waals surface area contributed by atoms with Crippen LogP contribution in [0.3, 0.4) is 0 Å². The van der Waals surface area contributed by atoms with Crippen molar-refractivity contribution >= 4 is 23.5 Å². The van der Waals surface area contributed by atoms with E-state index in [-0.39, 0.29) is 24.4 Å². The van der Waals surface area contributed by atoms with E-state index in [4.69, 9.17) is 0 Å². The monoisotopic (exact) mass is 441 g/mol. The zero-order chi connectivity index (χ0) is 23.3. The normalized spacial score (nSPS) is 12.2. The maximum absolute atomic E-state index is 13.5. The van der Waals surface area contributed by atoms with Crippen LogP contribution >= 0.6 is 0 Å². The lowest BCUT2D eigenvalue weighted by atomic mass is 10.0. The Morgan fingerprint density at radius 2 is 1.84 bits per heavy atom. The van der Waals surface area contributed by atoms with Crippen LogP contribution in [0.5, 0.6) is 0 Å². The lowest BCUT2D eigenvalue weighted by molar-refractivity contribution is 0.0646. The highest BCUT2D eigenvalue weighted by Gasteiger charge is 2.24. The van der Waals surface area contributed by atoms with Crippen molar-refractivity contribution < 1.29 is 18.7 Å². The van der Waals surface area contributed by atoms with Gasteiger partial charge in [-0.05, 0) is 62.7 Å². The van der Waals surface area contributed by atoms with Gasteiger partial charge in [-0.25, -0.2) is 23.5 Å². The minimum absolute atomic E-state index is 0.0835. The molecule has 0 spiro atoms. The molecule has 0 unspecified atom stereocenters. The Labute approximate surface area is 185 Å². The molecule has 1 aromatic heterocycles. The molecule has 7 nitrogen and oxygen atoms in total. The highest BCUT2D eigenvalue weighted by atomic mass is 19.1. The first-order chi connectivity index (χ1) is 15.1. The van der Waals surface area contributed by atoms with Crippen LogP contribution in [0.15, 0.2) is 60.8 Å². The van der Waals surface area contributed by atoms with Gasteiger partial charge >= 0.3 is 6.03 Å². The van der Waals surface area contributed by atoms with Crippen molar-refractivity contribution in [1.82, 2.24) is 15.3 Å². The second kappa shape index (κ2) is 9.69. The fraction of sp³-hybridized carbons (Fsp3) is 0.261. The number of benzene rings is 2. The Kier molecular flexibility index (Phi) is 6.99. The van der Waals surface area contributed by atoms with Gasteiger partial charge in [0.2, 0.25) is 5.95 Å². The van der Waals surface area contributed by atoms with Crippen LogP contribution in [-0.2, 0) is 6.54 Å².